The highest BCUT2D eigenvalue weighted by molar-refractivity contribution is 8.26. The second-order valence-corrected chi connectivity index (χ2v) is 7.17. The molecule has 9 heteroatoms. The van der Waals surface area contributed by atoms with Crippen molar-refractivity contribution in [2.75, 3.05) is 31.2 Å². The van der Waals surface area contributed by atoms with Gasteiger partial charge in [-0.3, -0.25) is 15.8 Å². The Bertz CT molecular complexity index is 993. The number of hydrogen-bond donors (Lipinski definition) is 4. The van der Waals surface area contributed by atoms with Crippen LogP contribution in [0.5, 0.6) is 0 Å². The molecule has 1 aliphatic heterocycles. The molecule has 0 radical (unpaired) electrons. The summed E-state index contributed by atoms with van der Waals surface area (Å²) in [4.78, 5) is 14.5. The van der Waals surface area contributed by atoms with Gasteiger partial charge in [-0.25, -0.2) is 4.98 Å². The van der Waals surface area contributed by atoms with Crippen molar-refractivity contribution in [3.8, 4) is 11.3 Å². The SMILES string of the molecule is N=C(N)SC(=N)c1ccc2[nH]cc(-c3cnc(N4CCOCC4)cn3)c2c1. The Morgan fingerprint density at radius 1 is 1.19 bits per heavy atom. The average molecular weight is 381 g/mol. The maximum atomic E-state index is 8.09. The predicted octanol–water partition coefficient (Wildman–Crippen LogP) is 2.41. The van der Waals surface area contributed by atoms with Crippen LogP contribution in [0.1, 0.15) is 5.56 Å². The molecule has 0 bridgehead atoms. The van der Waals surface area contributed by atoms with E-state index < -0.39 is 0 Å². The normalized spacial score (nSPS) is 14.4. The number of nitrogens with one attached hydrogen (secondary N) is 3. The Kier molecular flexibility index (Phi) is 4.78. The highest BCUT2D eigenvalue weighted by Crippen LogP contribution is 2.29. The van der Waals surface area contributed by atoms with E-state index >= 15 is 0 Å². The molecule has 1 aliphatic rings. The largest absolute Gasteiger partial charge is 0.378 e. The summed E-state index contributed by atoms with van der Waals surface area (Å²) >= 11 is 0.929. The fraction of sp³-hybridized carbons (Fsp3) is 0.222. The van der Waals surface area contributed by atoms with Crippen LogP contribution in [0, 0.1) is 10.8 Å². The smallest absolute Gasteiger partial charge is 0.157 e. The lowest BCUT2D eigenvalue weighted by Gasteiger charge is -2.27. The molecule has 2 aromatic heterocycles. The number of ether oxygens (including phenoxy) is 1. The molecule has 0 amide bonds. The summed E-state index contributed by atoms with van der Waals surface area (Å²) in [5.41, 5.74) is 8.74. The summed E-state index contributed by atoms with van der Waals surface area (Å²) in [5.74, 6) is 0.849. The van der Waals surface area contributed by atoms with Crippen LogP contribution < -0.4 is 10.6 Å². The van der Waals surface area contributed by atoms with Crippen LogP contribution in [0.4, 0.5) is 5.82 Å². The molecule has 5 N–H and O–H groups in total. The van der Waals surface area contributed by atoms with Crippen LogP contribution in [0.3, 0.4) is 0 Å². The van der Waals surface area contributed by atoms with Crippen molar-refractivity contribution < 1.29 is 4.74 Å². The van der Waals surface area contributed by atoms with Gasteiger partial charge in [0.2, 0.25) is 0 Å². The van der Waals surface area contributed by atoms with E-state index in [1.54, 1.807) is 12.4 Å². The minimum absolute atomic E-state index is 0.0982. The van der Waals surface area contributed by atoms with E-state index in [9.17, 15) is 0 Å². The Morgan fingerprint density at radius 3 is 2.70 bits per heavy atom. The second-order valence-electron chi connectivity index (χ2n) is 6.12. The van der Waals surface area contributed by atoms with E-state index in [1.165, 1.54) is 0 Å². The fourth-order valence-electron chi connectivity index (χ4n) is 3.06. The number of thioether (sulfide) groups is 1. The van der Waals surface area contributed by atoms with Crippen molar-refractivity contribution in [2.24, 2.45) is 5.73 Å². The lowest BCUT2D eigenvalue weighted by Crippen LogP contribution is -2.36. The zero-order chi connectivity index (χ0) is 18.8. The molecular weight excluding hydrogens is 362 g/mol. The van der Waals surface area contributed by atoms with E-state index in [-0.39, 0.29) is 10.2 Å². The van der Waals surface area contributed by atoms with Gasteiger partial charge in [0.05, 0.1) is 31.3 Å². The van der Waals surface area contributed by atoms with Crippen molar-refractivity contribution in [3.05, 3.63) is 42.4 Å². The number of fused-ring (bicyclic) bond motifs is 1. The number of H-pyrrole nitrogens is 1. The van der Waals surface area contributed by atoms with Crippen molar-refractivity contribution in [1.29, 1.82) is 10.8 Å². The van der Waals surface area contributed by atoms with Gasteiger partial charge in [-0.05, 0) is 23.9 Å². The average Bonchev–Trinajstić information content (AvgIpc) is 3.11. The number of hydrogen-bond acceptors (Lipinski definition) is 7. The van der Waals surface area contributed by atoms with E-state index in [0.29, 0.717) is 18.8 Å². The van der Waals surface area contributed by atoms with E-state index in [4.69, 9.17) is 21.3 Å². The number of nitrogens with zero attached hydrogens (tertiary/aromatic N) is 3. The van der Waals surface area contributed by atoms with E-state index in [2.05, 4.69) is 19.9 Å². The number of morpholine rings is 1. The van der Waals surface area contributed by atoms with Gasteiger partial charge in [0.15, 0.2) is 5.17 Å². The van der Waals surface area contributed by atoms with Crippen LogP contribution in [0.25, 0.3) is 22.2 Å². The molecule has 3 heterocycles. The fourth-order valence-corrected chi connectivity index (χ4v) is 3.52. The summed E-state index contributed by atoms with van der Waals surface area (Å²) in [5, 5.41) is 16.5. The Labute approximate surface area is 160 Å². The Morgan fingerprint density at radius 2 is 2.00 bits per heavy atom. The number of rotatable bonds is 3. The highest BCUT2D eigenvalue weighted by atomic mass is 32.2. The van der Waals surface area contributed by atoms with Gasteiger partial charge in [0.25, 0.3) is 0 Å². The monoisotopic (exact) mass is 381 g/mol. The van der Waals surface area contributed by atoms with Crippen LogP contribution in [0.15, 0.2) is 36.8 Å². The number of nitrogens with two attached hydrogens (primary N) is 1. The van der Waals surface area contributed by atoms with Crippen molar-refractivity contribution in [1.82, 2.24) is 15.0 Å². The molecule has 1 aromatic carbocycles. The second kappa shape index (κ2) is 7.37. The molecule has 0 atom stereocenters. The topological polar surface area (TPSA) is 128 Å². The van der Waals surface area contributed by atoms with Gasteiger partial charge in [0, 0.05) is 41.3 Å². The molecule has 0 spiro atoms. The van der Waals surface area contributed by atoms with Gasteiger partial charge in [0.1, 0.15) is 10.9 Å². The van der Waals surface area contributed by atoms with E-state index in [0.717, 1.165) is 52.8 Å². The first-order chi connectivity index (χ1) is 13.1. The lowest BCUT2D eigenvalue weighted by molar-refractivity contribution is 0.122. The first-order valence-corrected chi connectivity index (χ1v) is 9.30. The van der Waals surface area contributed by atoms with Crippen LogP contribution in [0.2, 0.25) is 0 Å². The number of anilines is 1. The predicted molar refractivity (Wildman–Crippen MR) is 109 cm³/mol. The van der Waals surface area contributed by atoms with Crippen molar-refractivity contribution in [3.63, 3.8) is 0 Å². The zero-order valence-corrected chi connectivity index (χ0v) is 15.3. The third-order valence-corrected chi connectivity index (χ3v) is 5.06. The molecule has 138 valence electrons. The molecule has 27 heavy (non-hydrogen) atoms. The molecule has 1 fully saturated rings. The maximum absolute atomic E-state index is 8.09. The minimum Gasteiger partial charge on any atom is -0.378 e. The van der Waals surface area contributed by atoms with Crippen LogP contribution in [-0.2, 0) is 4.74 Å². The van der Waals surface area contributed by atoms with Crippen LogP contribution >= 0.6 is 11.8 Å². The van der Waals surface area contributed by atoms with E-state index in [1.807, 2.05) is 24.4 Å². The molecular formula is C18H19N7OS. The number of aromatic nitrogens is 3. The molecule has 3 aromatic rings. The lowest BCUT2D eigenvalue weighted by atomic mass is 10.1. The Hall–Kier alpha value is -2.91. The standard InChI is InChI=1S/C18H19N7OS/c19-17(27-18(20)21)11-1-2-14-12(7-11)13(8-22-14)15-9-24-16(10-23-15)25-3-5-26-6-4-25/h1-2,7-10,19,22H,3-6H2,(H3,20,21). The summed E-state index contributed by atoms with van der Waals surface area (Å²) < 4.78 is 5.37. The zero-order valence-electron chi connectivity index (χ0n) is 14.5. The first kappa shape index (κ1) is 17.5. The number of aromatic amines is 1. The molecule has 1 saturated heterocycles. The summed E-state index contributed by atoms with van der Waals surface area (Å²) in [6.45, 7) is 3.05. The molecule has 0 unspecified atom stereocenters. The highest BCUT2D eigenvalue weighted by Gasteiger charge is 2.15. The van der Waals surface area contributed by atoms with Crippen LogP contribution in [-0.4, -0.2) is 51.5 Å². The summed E-state index contributed by atoms with van der Waals surface area (Å²) in [6.07, 6.45) is 5.46. The summed E-state index contributed by atoms with van der Waals surface area (Å²) in [6, 6.07) is 5.67. The number of amidine groups is 1. The minimum atomic E-state index is -0.0982. The molecule has 8 nitrogen and oxygen atoms in total. The van der Waals surface area contributed by atoms with Gasteiger partial charge < -0.3 is 20.4 Å². The van der Waals surface area contributed by atoms with Crippen molar-refractivity contribution >= 4 is 38.7 Å². The quantitative estimate of drug-likeness (QED) is 0.407. The van der Waals surface area contributed by atoms with Gasteiger partial charge in [-0.1, -0.05) is 6.07 Å². The van der Waals surface area contributed by atoms with Gasteiger partial charge in [-0.2, -0.15) is 0 Å². The molecule has 4 rings (SSSR count). The van der Waals surface area contributed by atoms with Crippen molar-refractivity contribution in [2.45, 2.75) is 0 Å². The first-order valence-electron chi connectivity index (χ1n) is 8.49. The summed E-state index contributed by atoms with van der Waals surface area (Å²) in [7, 11) is 0. The maximum Gasteiger partial charge on any atom is 0.157 e. The third-order valence-electron chi connectivity index (χ3n) is 4.41. The van der Waals surface area contributed by atoms with Gasteiger partial charge >= 0.3 is 0 Å². The van der Waals surface area contributed by atoms with Gasteiger partial charge in [-0.15, -0.1) is 0 Å². The third kappa shape index (κ3) is 3.64. The molecule has 0 saturated carbocycles. The molecule has 0 aliphatic carbocycles. The Balaban J connectivity index is 1.64. The number of benzene rings is 1.